The number of rotatable bonds is 6. The zero-order valence-corrected chi connectivity index (χ0v) is 12.2. The van der Waals surface area contributed by atoms with Crippen LogP contribution < -0.4 is 11.1 Å². The van der Waals surface area contributed by atoms with Gasteiger partial charge < -0.3 is 15.5 Å². The molecule has 0 unspecified atom stereocenters. The molecule has 2 heterocycles. The number of hydrogen-bond acceptors (Lipinski definition) is 6. The van der Waals surface area contributed by atoms with Crippen molar-refractivity contribution in [2.75, 3.05) is 11.9 Å². The van der Waals surface area contributed by atoms with Gasteiger partial charge in [0.05, 0.1) is 18.3 Å². The van der Waals surface area contributed by atoms with Crippen LogP contribution in [0.3, 0.4) is 0 Å². The summed E-state index contributed by atoms with van der Waals surface area (Å²) in [5, 5.41) is 16.2. The Bertz CT molecular complexity index is 695. The lowest BCUT2D eigenvalue weighted by Crippen LogP contribution is -2.07. The molecule has 21 heavy (non-hydrogen) atoms. The van der Waals surface area contributed by atoms with Crippen molar-refractivity contribution in [2.24, 2.45) is 5.73 Å². The highest BCUT2D eigenvalue weighted by molar-refractivity contribution is 5.85. The number of aromatic nitrogens is 4. The van der Waals surface area contributed by atoms with E-state index in [2.05, 4.69) is 32.7 Å². The third kappa shape index (κ3) is 3.50. The van der Waals surface area contributed by atoms with E-state index in [1.807, 2.05) is 23.0 Å². The highest BCUT2D eigenvalue weighted by Crippen LogP contribution is 2.13. The number of fused-ring (bicyclic) bond motifs is 1. The van der Waals surface area contributed by atoms with Crippen LogP contribution in [0.2, 0.25) is 0 Å². The fourth-order valence-electron chi connectivity index (χ4n) is 2.04. The molecule has 0 amide bonds. The van der Waals surface area contributed by atoms with Crippen molar-refractivity contribution in [1.82, 2.24) is 20.0 Å². The molecule has 0 saturated carbocycles. The van der Waals surface area contributed by atoms with Gasteiger partial charge in [-0.3, -0.25) is 4.68 Å². The molecule has 1 aromatic carbocycles. The number of benzene rings is 1. The largest absolute Gasteiger partial charge is 0.407 e. The Labute approximate surface area is 127 Å². The molecule has 0 aliphatic rings. The zero-order chi connectivity index (χ0) is 13.8. The Morgan fingerprint density at radius 1 is 1.24 bits per heavy atom. The predicted molar refractivity (Wildman–Crippen MR) is 82.3 cm³/mol. The zero-order valence-electron chi connectivity index (χ0n) is 11.4. The topological polar surface area (TPSA) is 94.8 Å². The maximum atomic E-state index is 5.40. The quantitative estimate of drug-likeness (QED) is 0.674. The Hall–Kier alpha value is -2.12. The minimum Gasteiger partial charge on any atom is -0.407 e. The third-order valence-electron chi connectivity index (χ3n) is 3.02. The summed E-state index contributed by atoms with van der Waals surface area (Å²) < 4.78 is 7.26. The highest BCUT2D eigenvalue weighted by atomic mass is 35.5. The molecule has 0 aliphatic heterocycles. The lowest BCUT2D eigenvalue weighted by molar-refractivity contribution is 0.504. The number of nitrogens with two attached hydrogens (primary N) is 1. The molecule has 7 nitrogen and oxygen atoms in total. The summed E-state index contributed by atoms with van der Waals surface area (Å²) in [6, 6.07) is 8.58. The van der Waals surface area contributed by atoms with Gasteiger partial charge in [0.1, 0.15) is 0 Å². The summed E-state index contributed by atoms with van der Waals surface area (Å²) in [6.07, 6.45) is 2.79. The molecule has 3 N–H and O–H groups in total. The Morgan fingerprint density at radius 2 is 2.10 bits per heavy atom. The first kappa shape index (κ1) is 15.3. The van der Waals surface area contributed by atoms with Gasteiger partial charge in [-0.1, -0.05) is 23.3 Å². The molecule has 0 saturated heterocycles. The average molecular weight is 309 g/mol. The van der Waals surface area contributed by atoms with Crippen LogP contribution in [0.25, 0.3) is 10.9 Å². The van der Waals surface area contributed by atoms with Crippen LogP contribution in [0.1, 0.15) is 12.3 Å². The van der Waals surface area contributed by atoms with Crippen LogP contribution in [0.15, 0.2) is 34.9 Å². The van der Waals surface area contributed by atoms with Gasteiger partial charge >= 0.3 is 6.01 Å². The summed E-state index contributed by atoms with van der Waals surface area (Å²) in [5.41, 5.74) is 6.55. The first-order valence-corrected chi connectivity index (χ1v) is 6.53. The maximum absolute atomic E-state index is 5.40. The van der Waals surface area contributed by atoms with Gasteiger partial charge in [0, 0.05) is 18.5 Å². The molecule has 8 heteroatoms. The SMILES string of the molecule is Cl.NCc1nnc(NCCCn2ncc3ccccc32)o1. The standard InChI is InChI=1S/C13H16N6O.ClH/c14-8-12-17-18-13(20-12)15-6-3-7-19-11-5-2-1-4-10(11)9-16-19;/h1-2,4-5,9H,3,6-8,14H2,(H,15,18);1H. The number of halogens is 1. The minimum atomic E-state index is 0. The maximum Gasteiger partial charge on any atom is 0.315 e. The molecule has 0 fully saturated rings. The van der Waals surface area contributed by atoms with Crippen LogP contribution in [-0.4, -0.2) is 26.5 Å². The summed E-state index contributed by atoms with van der Waals surface area (Å²) in [4.78, 5) is 0. The van der Waals surface area contributed by atoms with Crippen LogP contribution in [0.4, 0.5) is 6.01 Å². The van der Waals surface area contributed by atoms with Crippen molar-refractivity contribution in [1.29, 1.82) is 0 Å². The van der Waals surface area contributed by atoms with E-state index < -0.39 is 0 Å². The van der Waals surface area contributed by atoms with E-state index in [0.29, 0.717) is 11.9 Å². The van der Waals surface area contributed by atoms with E-state index in [0.717, 1.165) is 30.4 Å². The Kier molecular flexibility index (Phi) is 5.13. The smallest absolute Gasteiger partial charge is 0.315 e. The number of anilines is 1. The van der Waals surface area contributed by atoms with Crippen LogP contribution in [0, 0.1) is 0 Å². The van der Waals surface area contributed by atoms with Gasteiger partial charge in [-0.2, -0.15) is 5.10 Å². The number of nitrogens with zero attached hydrogens (tertiary/aromatic N) is 4. The van der Waals surface area contributed by atoms with Crippen LogP contribution in [0.5, 0.6) is 0 Å². The fraction of sp³-hybridized carbons (Fsp3) is 0.308. The van der Waals surface area contributed by atoms with Crippen molar-refractivity contribution >= 4 is 29.3 Å². The molecule has 0 aliphatic carbocycles. The summed E-state index contributed by atoms with van der Waals surface area (Å²) in [5.74, 6) is 0.436. The van der Waals surface area contributed by atoms with Crippen molar-refractivity contribution in [3.8, 4) is 0 Å². The second kappa shape index (κ2) is 7.05. The van der Waals surface area contributed by atoms with E-state index in [1.54, 1.807) is 0 Å². The second-order valence-corrected chi connectivity index (χ2v) is 4.41. The Morgan fingerprint density at radius 3 is 2.90 bits per heavy atom. The minimum absolute atomic E-state index is 0. The normalized spacial score (nSPS) is 10.5. The lowest BCUT2D eigenvalue weighted by atomic mass is 10.2. The second-order valence-electron chi connectivity index (χ2n) is 4.41. The number of hydrogen-bond donors (Lipinski definition) is 2. The van der Waals surface area contributed by atoms with Crippen molar-refractivity contribution in [3.63, 3.8) is 0 Å². The van der Waals surface area contributed by atoms with Crippen LogP contribution >= 0.6 is 12.4 Å². The molecule has 0 bridgehead atoms. The van der Waals surface area contributed by atoms with E-state index in [9.17, 15) is 0 Å². The predicted octanol–water partition coefficient (Wildman–Crippen LogP) is 1.80. The summed E-state index contributed by atoms with van der Waals surface area (Å²) in [7, 11) is 0. The average Bonchev–Trinajstić information content (AvgIpc) is 3.10. The molecule has 112 valence electrons. The van der Waals surface area contributed by atoms with Gasteiger partial charge in [-0.15, -0.1) is 17.5 Å². The Balaban J connectivity index is 0.00000161. The third-order valence-corrected chi connectivity index (χ3v) is 3.02. The van der Waals surface area contributed by atoms with Gasteiger partial charge in [0.15, 0.2) is 0 Å². The molecule has 3 aromatic rings. The van der Waals surface area contributed by atoms with E-state index in [-0.39, 0.29) is 19.0 Å². The first-order chi connectivity index (χ1) is 9.86. The molecular weight excluding hydrogens is 292 g/mol. The van der Waals surface area contributed by atoms with Crippen molar-refractivity contribution in [3.05, 3.63) is 36.4 Å². The molecule has 0 atom stereocenters. The van der Waals surface area contributed by atoms with Gasteiger partial charge in [0.2, 0.25) is 5.89 Å². The van der Waals surface area contributed by atoms with Crippen molar-refractivity contribution in [2.45, 2.75) is 19.5 Å². The van der Waals surface area contributed by atoms with Gasteiger partial charge in [-0.25, -0.2) is 0 Å². The van der Waals surface area contributed by atoms with Crippen LogP contribution in [-0.2, 0) is 13.1 Å². The lowest BCUT2D eigenvalue weighted by Gasteiger charge is -2.04. The van der Waals surface area contributed by atoms with Gasteiger partial charge in [0.25, 0.3) is 0 Å². The molecule has 0 spiro atoms. The van der Waals surface area contributed by atoms with E-state index in [1.165, 1.54) is 0 Å². The first-order valence-electron chi connectivity index (χ1n) is 6.53. The molecule has 2 aromatic heterocycles. The summed E-state index contributed by atoms with van der Waals surface area (Å²) >= 11 is 0. The molecule has 0 radical (unpaired) electrons. The van der Waals surface area contributed by atoms with E-state index in [4.69, 9.17) is 10.2 Å². The summed E-state index contributed by atoms with van der Waals surface area (Å²) in [6.45, 7) is 1.83. The van der Waals surface area contributed by atoms with E-state index >= 15 is 0 Å². The highest BCUT2D eigenvalue weighted by Gasteiger charge is 2.04. The monoisotopic (exact) mass is 308 g/mol. The number of aryl methyl sites for hydroxylation is 1. The number of para-hydroxylation sites is 1. The fourth-order valence-corrected chi connectivity index (χ4v) is 2.04. The van der Waals surface area contributed by atoms with Crippen molar-refractivity contribution < 1.29 is 4.42 Å². The molecule has 3 rings (SSSR count). The van der Waals surface area contributed by atoms with Gasteiger partial charge in [-0.05, 0) is 12.5 Å². The molecular formula is C13H17ClN6O. The number of nitrogens with one attached hydrogen (secondary N) is 1.